The lowest BCUT2D eigenvalue weighted by atomic mass is 10.0. The standard InChI is InChI=1S/C58H103O11P/c1-4-7-10-13-16-19-22-25-27-30-32-35-38-41-44-47-56(60)65-51-55(69-58(62)49-46-43-40-37-34-31-28-26-23-20-17-14-11-8-5-2)53-67-70(63,64)66-52-54(50-59)68-57(61)48-45-42-39-36-33-29-24-21-18-15-12-9-6-3/h8,11,17,20-21,24,26,28,34,37,54-55,59H,4-7,9-10,12-16,18-19,22-23,25,27,29-33,35-36,38-53H2,1-3H3,(H,63,64)/b11-8-,20-17-,24-21-,28-26-,37-34-. The molecule has 0 aliphatic carbocycles. The van der Waals surface area contributed by atoms with Crippen molar-refractivity contribution >= 4 is 25.7 Å². The number of hydrogen-bond donors (Lipinski definition) is 2. The number of allylic oxidation sites excluding steroid dienone is 10. The van der Waals surface area contributed by atoms with E-state index in [-0.39, 0.29) is 25.9 Å². The van der Waals surface area contributed by atoms with Crippen LogP contribution in [0.2, 0.25) is 0 Å². The zero-order valence-electron chi connectivity index (χ0n) is 44.7. The van der Waals surface area contributed by atoms with Gasteiger partial charge in [0.05, 0.1) is 19.8 Å². The highest BCUT2D eigenvalue weighted by Crippen LogP contribution is 2.43. The molecular weight excluding hydrogens is 904 g/mol. The summed E-state index contributed by atoms with van der Waals surface area (Å²) >= 11 is 0. The van der Waals surface area contributed by atoms with Crippen LogP contribution in [0.5, 0.6) is 0 Å². The van der Waals surface area contributed by atoms with Gasteiger partial charge in [-0.1, -0.05) is 210 Å². The Hall–Kier alpha value is -2.82. The van der Waals surface area contributed by atoms with Crippen LogP contribution in [0.1, 0.15) is 252 Å². The molecule has 0 amide bonds. The highest BCUT2D eigenvalue weighted by Gasteiger charge is 2.28. The van der Waals surface area contributed by atoms with Gasteiger partial charge in [0, 0.05) is 19.3 Å². The number of rotatable bonds is 52. The summed E-state index contributed by atoms with van der Waals surface area (Å²) in [5.74, 6) is -1.52. The molecule has 0 rings (SSSR count). The van der Waals surface area contributed by atoms with E-state index in [2.05, 4.69) is 81.5 Å². The smallest absolute Gasteiger partial charge is 0.462 e. The molecule has 12 heteroatoms. The molecule has 0 fully saturated rings. The lowest BCUT2D eigenvalue weighted by Crippen LogP contribution is -2.30. The van der Waals surface area contributed by atoms with E-state index >= 15 is 0 Å². The van der Waals surface area contributed by atoms with E-state index in [1.807, 2.05) is 0 Å². The molecule has 0 bridgehead atoms. The zero-order chi connectivity index (χ0) is 51.3. The van der Waals surface area contributed by atoms with Crippen molar-refractivity contribution in [3.8, 4) is 0 Å². The first kappa shape index (κ1) is 67.2. The van der Waals surface area contributed by atoms with Crippen molar-refractivity contribution in [2.45, 2.75) is 264 Å². The van der Waals surface area contributed by atoms with Crippen LogP contribution in [0, 0.1) is 0 Å². The van der Waals surface area contributed by atoms with Crippen LogP contribution < -0.4 is 0 Å². The Labute approximate surface area is 427 Å². The maximum Gasteiger partial charge on any atom is 0.472 e. The zero-order valence-corrected chi connectivity index (χ0v) is 45.6. The third kappa shape index (κ3) is 50.1. The lowest BCUT2D eigenvalue weighted by Gasteiger charge is -2.21. The normalized spacial score (nSPS) is 13.8. The lowest BCUT2D eigenvalue weighted by molar-refractivity contribution is -0.161. The molecule has 0 saturated heterocycles. The summed E-state index contributed by atoms with van der Waals surface area (Å²) in [6, 6.07) is 0. The Balaban J connectivity index is 4.78. The Morgan fingerprint density at radius 3 is 1.20 bits per heavy atom. The minimum absolute atomic E-state index is 0.116. The van der Waals surface area contributed by atoms with E-state index in [1.54, 1.807) is 0 Å². The van der Waals surface area contributed by atoms with Crippen LogP contribution in [-0.4, -0.2) is 66.5 Å². The van der Waals surface area contributed by atoms with Crippen LogP contribution in [-0.2, 0) is 42.2 Å². The molecule has 2 N–H and O–H groups in total. The Morgan fingerprint density at radius 2 is 0.743 bits per heavy atom. The first-order chi connectivity index (χ1) is 34.2. The maximum atomic E-state index is 12.9. The van der Waals surface area contributed by atoms with Crippen LogP contribution in [0.4, 0.5) is 0 Å². The van der Waals surface area contributed by atoms with E-state index < -0.39 is 57.8 Å². The van der Waals surface area contributed by atoms with E-state index in [1.165, 1.54) is 96.3 Å². The fourth-order valence-corrected chi connectivity index (χ4v) is 8.42. The summed E-state index contributed by atoms with van der Waals surface area (Å²) in [6.45, 7) is 4.47. The number of hydrogen-bond acceptors (Lipinski definition) is 10. The van der Waals surface area contributed by atoms with Crippen molar-refractivity contribution in [1.29, 1.82) is 0 Å². The Morgan fingerprint density at radius 1 is 0.414 bits per heavy atom. The molecule has 0 aliphatic rings. The van der Waals surface area contributed by atoms with Crippen molar-refractivity contribution in [3.05, 3.63) is 60.8 Å². The first-order valence-electron chi connectivity index (χ1n) is 28.2. The molecule has 11 nitrogen and oxygen atoms in total. The predicted octanol–water partition coefficient (Wildman–Crippen LogP) is 16.4. The Kier molecular flexibility index (Phi) is 50.4. The molecule has 3 unspecified atom stereocenters. The number of ether oxygens (including phenoxy) is 3. The minimum Gasteiger partial charge on any atom is -0.462 e. The van der Waals surface area contributed by atoms with Crippen LogP contribution in [0.3, 0.4) is 0 Å². The van der Waals surface area contributed by atoms with Gasteiger partial charge < -0.3 is 24.2 Å². The number of esters is 3. The quantitative estimate of drug-likeness (QED) is 0.0197. The number of carbonyl (C=O) groups excluding carboxylic acids is 3. The molecular formula is C58H103O11P. The van der Waals surface area contributed by atoms with Crippen molar-refractivity contribution in [3.63, 3.8) is 0 Å². The third-order valence-corrected chi connectivity index (χ3v) is 12.9. The average Bonchev–Trinajstić information content (AvgIpc) is 3.35. The van der Waals surface area contributed by atoms with Gasteiger partial charge in [-0.25, -0.2) is 4.57 Å². The van der Waals surface area contributed by atoms with Crippen molar-refractivity contribution in [1.82, 2.24) is 0 Å². The van der Waals surface area contributed by atoms with Crippen molar-refractivity contribution < 1.29 is 52.2 Å². The number of aliphatic hydroxyl groups is 1. The molecule has 0 heterocycles. The summed E-state index contributed by atoms with van der Waals surface area (Å²) in [6.07, 6.45) is 56.1. The van der Waals surface area contributed by atoms with Gasteiger partial charge in [-0.15, -0.1) is 0 Å². The van der Waals surface area contributed by atoms with Gasteiger partial charge in [-0.05, 0) is 83.5 Å². The number of unbranched alkanes of at least 4 members (excludes halogenated alkanes) is 25. The highest BCUT2D eigenvalue weighted by atomic mass is 31.2. The molecule has 0 aromatic rings. The second-order valence-electron chi connectivity index (χ2n) is 18.7. The summed E-state index contributed by atoms with van der Waals surface area (Å²) in [4.78, 5) is 48.4. The molecule has 0 spiro atoms. The minimum atomic E-state index is -4.76. The first-order valence-corrected chi connectivity index (χ1v) is 29.7. The molecule has 0 aromatic heterocycles. The fourth-order valence-electron chi connectivity index (χ4n) is 7.64. The maximum absolute atomic E-state index is 12.9. The second kappa shape index (κ2) is 52.5. The molecule has 3 atom stereocenters. The van der Waals surface area contributed by atoms with E-state index in [0.29, 0.717) is 19.3 Å². The average molecular weight is 1010 g/mol. The van der Waals surface area contributed by atoms with Crippen molar-refractivity contribution in [2.75, 3.05) is 26.4 Å². The molecule has 70 heavy (non-hydrogen) atoms. The van der Waals surface area contributed by atoms with Gasteiger partial charge in [0.1, 0.15) is 12.7 Å². The summed E-state index contributed by atoms with van der Waals surface area (Å²) < 4.78 is 39.4. The number of phosphoric acid groups is 1. The predicted molar refractivity (Wildman–Crippen MR) is 288 cm³/mol. The fraction of sp³-hybridized carbons (Fsp3) is 0.776. The van der Waals surface area contributed by atoms with Gasteiger partial charge in [0.25, 0.3) is 0 Å². The van der Waals surface area contributed by atoms with Crippen molar-refractivity contribution in [2.24, 2.45) is 0 Å². The summed E-state index contributed by atoms with van der Waals surface area (Å²) in [5.41, 5.74) is 0. The molecule has 0 saturated carbocycles. The SMILES string of the molecule is CC/C=C\C/C=C\C/C=C\C/C=C\CCCCC(=O)OC(COC(=O)CCCCCCCCCCCCCCCCC)COP(=O)(O)OCC(CO)OC(=O)CCCCCCC/C=C\CCCCCC. The largest absolute Gasteiger partial charge is 0.472 e. The van der Waals surface area contributed by atoms with Crippen LogP contribution in [0.25, 0.3) is 0 Å². The highest BCUT2D eigenvalue weighted by molar-refractivity contribution is 7.47. The number of phosphoric ester groups is 1. The summed E-state index contributed by atoms with van der Waals surface area (Å²) in [5, 5.41) is 9.79. The third-order valence-electron chi connectivity index (χ3n) is 11.9. The van der Waals surface area contributed by atoms with E-state index in [9.17, 15) is 28.9 Å². The van der Waals surface area contributed by atoms with Crippen LogP contribution >= 0.6 is 7.82 Å². The number of aliphatic hydroxyl groups excluding tert-OH is 1. The summed E-state index contributed by atoms with van der Waals surface area (Å²) in [7, 11) is -4.76. The van der Waals surface area contributed by atoms with E-state index in [4.69, 9.17) is 23.3 Å². The molecule has 0 aromatic carbocycles. The van der Waals surface area contributed by atoms with Gasteiger partial charge in [0.2, 0.25) is 0 Å². The molecule has 0 aliphatic heterocycles. The Bertz CT molecular complexity index is 1410. The van der Waals surface area contributed by atoms with Gasteiger partial charge in [-0.3, -0.25) is 23.4 Å². The second-order valence-corrected chi connectivity index (χ2v) is 20.2. The topological polar surface area (TPSA) is 155 Å². The monoisotopic (exact) mass is 1010 g/mol. The van der Waals surface area contributed by atoms with Crippen LogP contribution in [0.15, 0.2) is 60.8 Å². The molecule has 406 valence electrons. The van der Waals surface area contributed by atoms with Gasteiger partial charge in [-0.2, -0.15) is 0 Å². The van der Waals surface area contributed by atoms with E-state index in [0.717, 1.165) is 96.3 Å². The van der Waals surface area contributed by atoms with Gasteiger partial charge >= 0.3 is 25.7 Å². The molecule has 0 radical (unpaired) electrons. The van der Waals surface area contributed by atoms with Gasteiger partial charge in [0.15, 0.2) is 6.10 Å². The number of carbonyl (C=O) groups is 3.